The number of unbranched alkanes of at least 4 members (excludes halogenated alkanes) is 1. The lowest BCUT2D eigenvalue weighted by Gasteiger charge is -2.15. The minimum Gasteiger partial charge on any atom is -0.396 e. The van der Waals surface area contributed by atoms with E-state index in [-0.39, 0.29) is 0 Å². The van der Waals surface area contributed by atoms with Crippen molar-refractivity contribution in [2.24, 2.45) is 11.8 Å². The Kier molecular flexibility index (Phi) is 9.71. The van der Waals surface area contributed by atoms with Crippen LogP contribution in [0.25, 0.3) is 0 Å². The van der Waals surface area contributed by atoms with Crippen molar-refractivity contribution in [3.05, 3.63) is 11.6 Å². The summed E-state index contributed by atoms with van der Waals surface area (Å²) >= 11 is 0. The van der Waals surface area contributed by atoms with E-state index >= 15 is 0 Å². The molecular formula is C15H30O. The number of allylic oxidation sites excluding steroid dienone is 2. The van der Waals surface area contributed by atoms with Gasteiger partial charge in [0.2, 0.25) is 0 Å². The molecule has 2 atom stereocenters. The zero-order chi connectivity index (χ0) is 12.4. The van der Waals surface area contributed by atoms with E-state index in [9.17, 15) is 5.11 Å². The van der Waals surface area contributed by atoms with Crippen LogP contribution in [0.4, 0.5) is 0 Å². The van der Waals surface area contributed by atoms with Gasteiger partial charge in [0.15, 0.2) is 0 Å². The highest BCUT2D eigenvalue weighted by molar-refractivity contribution is 5.02. The summed E-state index contributed by atoms with van der Waals surface area (Å²) in [5.41, 5.74) is 1.46. The fourth-order valence-electron chi connectivity index (χ4n) is 2.14. The van der Waals surface area contributed by atoms with E-state index in [2.05, 4.69) is 33.8 Å². The number of rotatable bonds is 9. The second-order valence-corrected chi connectivity index (χ2v) is 4.98. The first-order chi connectivity index (χ1) is 7.67. The van der Waals surface area contributed by atoms with Crippen LogP contribution in [0.1, 0.15) is 66.2 Å². The molecule has 16 heavy (non-hydrogen) atoms. The molecule has 0 heterocycles. The zero-order valence-corrected chi connectivity index (χ0v) is 11.6. The maximum Gasteiger partial charge on any atom is 0.0462 e. The first-order valence-electron chi connectivity index (χ1n) is 6.95. The van der Waals surface area contributed by atoms with Gasteiger partial charge in [-0.1, -0.05) is 51.7 Å². The smallest absolute Gasteiger partial charge is 0.0462 e. The molecule has 96 valence electrons. The first kappa shape index (κ1) is 15.7. The predicted molar refractivity (Wildman–Crippen MR) is 72.5 cm³/mol. The summed E-state index contributed by atoms with van der Waals surface area (Å²) in [6, 6.07) is 0. The Morgan fingerprint density at radius 1 is 1.19 bits per heavy atom. The van der Waals surface area contributed by atoms with E-state index in [1.165, 1.54) is 31.3 Å². The Hall–Kier alpha value is -0.300. The summed E-state index contributed by atoms with van der Waals surface area (Å²) in [4.78, 5) is 0. The van der Waals surface area contributed by atoms with Gasteiger partial charge in [-0.05, 0) is 38.0 Å². The van der Waals surface area contributed by atoms with Gasteiger partial charge in [-0.3, -0.25) is 0 Å². The van der Waals surface area contributed by atoms with Crippen molar-refractivity contribution < 1.29 is 5.11 Å². The first-order valence-corrected chi connectivity index (χ1v) is 6.95. The number of hydrogen-bond acceptors (Lipinski definition) is 1. The van der Waals surface area contributed by atoms with Gasteiger partial charge in [-0.25, -0.2) is 0 Å². The van der Waals surface area contributed by atoms with Crippen molar-refractivity contribution in [2.45, 2.75) is 66.2 Å². The third-order valence-corrected chi connectivity index (χ3v) is 3.42. The van der Waals surface area contributed by atoms with E-state index in [1.54, 1.807) is 0 Å². The fourth-order valence-corrected chi connectivity index (χ4v) is 2.14. The molecule has 0 saturated carbocycles. The number of aliphatic hydroxyl groups excluding tert-OH is 1. The maximum atomic E-state index is 9.18. The van der Waals surface area contributed by atoms with Crippen LogP contribution in [0.2, 0.25) is 0 Å². The van der Waals surface area contributed by atoms with Crippen LogP contribution in [-0.2, 0) is 0 Å². The van der Waals surface area contributed by atoms with Gasteiger partial charge >= 0.3 is 0 Å². The molecule has 0 saturated heterocycles. The van der Waals surface area contributed by atoms with Crippen LogP contribution in [-0.4, -0.2) is 11.7 Å². The molecule has 0 aliphatic rings. The molecule has 1 N–H and O–H groups in total. The molecule has 0 fully saturated rings. The van der Waals surface area contributed by atoms with Crippen LogP contribution in [0.5, 0.6) is 0 Å². The molecule has 1 heteroatoms. The van der Waals surface area contributed by atoms with Crippen LogP contribution in [0.3, 0.4) is 0 Å². The van der Waals surface area contributed by atoms with Crippen LogP contribution >= 0.6 is 0 Å². The van der Waals surface area contributed by atoms with Gasteiger partial charge in [-0.2, -0.15) is 0 Å². The normalized spacial score (nSPS) is 16.2. The molecule has 0 spiro atoms. The van der Waals surface area contributed by atoms with Crippen molar-refractivity contribution in [1.29, 1.82) is 0 Å². The van der Waals surface area contributed by atoms with E-state index in [0.717, 1.165) is 18.8 Å². The Morgan fingerprint density at radius 3 is 2.31 bits per heavy atom. The molecule has 0 bridgehead atoms. The standard InChI is InChI=1S/C15H30O/c1-5-8-9-14(6-2)10-13(4)11-15(7-3)12-16/h10,14-16H,5-9,11-12H2,1-4H3/b13-10+/t14-,15+/m0/s1. The lowest BCUT2D eigenvalue weighted by atomic mass is 9.92. The Balaban J connectivity index is 4.13. The second kappa shape index (κ2) is 9.89. The Bertz CT molecular complexity index is 180. The number of aliphatic hydroxyl groups is 1. The molecule has 0 aromatic heterocycles. The highest BCUT2D eigenvalue weighted by atomic mass is 16.3. The fraction of sp³-hybridized carbons (Fsp3) is 0.867. The molecule has 0 amide bonds. The largest absolute Gasteiger partial charge is 0.396 e. The molecule has 0 aromatic rings. The SMILES string of the molecule is CCCC[C@@H](/C=C(\C)C[C@@H](CC)CO)CC. The lowest BCUT2D eigenvalue weighted by molar-refractivity contribution is 0.221. The van der Waals surface area contributed by atoms with Crippen LogP contribution < -0.4 is 0 Å². The average molecular weight is 226 g/mol. The molecule has 0 aromatic carbocycles. The van der Waals surface area contributed by atoms with E-state index in [1.807, 2.05) is 0 Å². The highest BCUT2D eigenvalue weighted by Gasteiger charge is 2.07. The topological polar surface area (TPSA) is 20.2 Å². The van der Waals surface area contributed by atoms with E-state index in [4.69, 9.17) is 0 Å². The van der Waals surface area contributed by atoms with Crippen LogP contribution in [0.15, 0.2) is 11.6 Å². The van der Waals surface area contributed by atoms with Crippen molar-refractivity contribution in [3.8, 4) is 0 Å². The summed E-state index contributed by atoms with van der Waals surface area (Å²) < 4.78 is 0. The van der Waals surface area contributed by atoms with E-state index < -0.39 is 0 Å². The minimum atomic E-state index is 0.327. The summed E-state index contributed by atoms with van der Waals surface area (Å²) in [5.74, 6) is 1.20. The predicted octanol–water partition coefficient (Wildman–Crippen LogP) is 4.56. The van der Waals surface area contributed by atoms with Gasteiger partial charge < -0.3 is 5.11 Å². The molecule has 1 nitrogen and oxygen atoms in total. The average Bonchev–Trinajstić information content (AvgIpc) is 2.31. The minimum absolute atomic E-state index is 0.327. The molecule has 0 unspecified atom stereocenters. The highest BCUT2D eigenvalue weighted by Crippen LogP contribution is 2.20. The summed E-state index contributed by atoms with van der Waals surface area (Å²) in [7, 11) is 0. The van der Waals surface area contributed by atoms with Crippen molar-refractivity contribution in [2.75, 3.05) is 6.61 Å². The second-order valence-electron chi connectivity index (χ2n) is 4.98. The zero-order valence-electron chi connectivity index (χ0n) is 11.6. The maximum absolute atomic E-state index is 9.18. The van der Waals surface area contributed by atoms with Gasteiger partial charge in [-0.15, -0.1) is 0 Å². The molecule has 0 aliphatic heterocycles. The summed E-state index contributed by atoms with van der Waals surface area (Å²) in [6.07, 6.45) is 9.77. The number of hydrogen-bond donors (Lipinski definition) is 1. The molecule has 0 rings (SSSR count). The lowest BCUT2D eigenvalue weighted by Crippen LogP contribution is -2.06. The van der Waals surface area contributed by atoms with Crippen molar-refractivity contribution in [3.63, 3.8) is 0 Å². The van der Waals surface area contributed by atoms with E-state index in [0.29, 0.717) is 12.5 Å². The van der Waals surface area contributed by atoms with Crippen LogP contribution in [0, 0.1) is 11.8 Å². The van der Waals surface area contributed by atoms with Gasteiger partial charge in [0.05, 0.1) is 0 Å². The van der Waals surface area contributed by atoms with Crippen molar-refractivity contribution >= 4 is 0 Å². The quantitative estimate of drug-likeness (QED) is 0.571. The van der Waals surface area contributed by atoms with Gasteiger partial charge in [0, 0.05) is 6.61 Å². The molecular weight excluding hydrogens is 196 g/mol. The molecule has 0 radical (unpaired) electrons. The van der Waals surface area contributed by atoms with Gasteiger partial charge in [0.1, 0.15) is 0 Å². The Labute approximate surface area is 102 Å². The third kappa shape index (κ3) is 7.05. The third-order valence-electron chi connectivity index (χ3n) is 3.42. The Morgan fingerprint density at radius 2 is 1.88 bits per heavy atom. The van der Waals surface area contributed by atoms with Gasteiger partial charge in [0.25, 0.3) is 0 Å². The molecule has 0 aliphatic carbocycles. The summed E-state index contributed by atoms with van der Waals surface area (Å²) in [5, 5.41) is 9.18. The van der Waals surface area contributed by atoms with Crippen molar-refractivity contribution in [1.82, 2.24) is 0 Å². The monoisotopic (exact) mass is 226 g/mol. The summed E-state index contributed by atoms with van der Waals surface area (Å²) in [6.45, 7) is 9.22.